The van der Waals surface area contributed by atoms with Gasteiger partial charge in [0.2, 0.25) is 5.91 Å². The van der Waals surface area contributed by atoms with Gasteiger partial charge in [-0.3, -0.25) is 4.79 Å². The molecule has 4 nitrogen and oxygen atoms in total. The fourth-order valence-electron chi connectivity index (χ4n) is 3.57. The number of hydrogen-bond acceptors (Lipinski definition) is 3. The Morgan fingerprint density at radius 3 is 2.75 bits per heavy atom. The Morgan fingerprint density at radius 1 is 1.29 bits per heavy atom. The maximum absolute atomic E-state index is 12.6. The van der Waals surface area contributed by atoms with E-state index in [-0.39, 0.29) is 5.92 Å². The second-order valence-corrected chi connectivity index (χ2v) is 7.70. The molecule has 0 spiro atoms. The average Bonchev–Trinajstić information content (AvgIpc) is 3.36. The van der Waals surface area contributed by atoms with E-state index in [2.05, 4.69) is 22.9 Å². The Labute approximate surface area is 150 Å². The van der Waals surface area contributed by atoms with Crippen LogP contribution >= 0.6 is 11.6 Å². The number of rotatable bonds is 6. The van der Waals surface area contributed by atoms with Crippen LogP contribution in [0.1, 0.15) is 24.3 Å². The molecule has 24 heavy (non-hydrogen) atoms. The molecule has 0 bridgehead atoms. The summed E-state index contributed by atoms with van der Waals surface area (Å²) in [7, 11) is 4.12. The summed E-state index contributed by atoms with van der Waals surface area (Å²) in [5, 5.41) is 0.756. The fourth-order valence-corrected chi connectivity index (χ4v) is 3.77. The van der Waals surface area contributed by atoms with E-state index in [4.69, 9.17) is 11.6 Å². The lowest BCUT2D eigenvalue weighted by molar-refractivity contribution is -0.131. The summed E-state index contributed by atoms with van der Waals surface area (Å²) in [6, 6.07) is 7.93. The van der Waals surface area contributed by atoms with Crippen LogP contribution in [-0.2, 0) is 4.79 Å². The van der Waals surface area contributed by atoms with Gasteiger partial charge in [-0.1, -0.05) is 23.7 Å². The van der Waals surface area contributed by atoms with Gasteiger partial charge in [-0.15, -0.1) is 0 Å². The summed E-state index contributed by atoms with van der Waals surface area (Å²) in [6.45, 7) is 6.54. The van der Waals surface area contributed by atoms with Crippen molar-refractivity contribution in [1.29, 1.82) is 0 Å². The molecule has 1 aliphatic heterocycles. The van der Waals surface area contributed by atoms with Crippen LogP contribution in [-0.4, -0.2) is 74.0 Å². The number of amides is 1. The van der Waals surface area contributed by atoms with Crippen molar-refractivity contribution in [3.63, 3.8) is 0 Å². The average molecular weight is 350 g/mol. The second-order valence-electron chi connectivity index (χ2n) is 7.26. The van der Waals surface area contributed by atoms with E-state index in [9.17, 15) is 4.79 Å². The lowest BCUT2D eigenvalue weighted by Gasteiger charge is -2.32. The molecule has 1 amide bonds. The van der Waals surface area contributed by atoms with Crippen LogP contribution in [0.15, 0.2) is 24.3 Å². The van der Waals surface area contributed by atoms with E-state index in [0.29, 0.717) is 11.8 Å². The Bertz CT molecular complexity index is 571. The number of halogens is 1. The van der Waals surface area contributed by atoms with Crippen LogP contribution in [0.4, 0.5) is 0 Å². The first-order valence-corrected chi connectivity index (χ1v) is 9.34. The predicted octanol–water partition coefficient (Wildman–Crippen LogP) is 2.54. The molecule has 1 aromatic carbocycles. The first-order valence-electron chi connectivity index (χ1n) is 8.96. The minimum atomic E-state index is 0.150. The summed E-state index contributed by atoms with van der Waals surface area (Å²) in [5.74, 6) is 0.798. The highest BCUT2D eigenvalue weighted by atomic mass is 35.5. The van der Waals surface area contributed by atoms with Gasteiger partial charge in [-0.2, -0.15) is 0 Å². The molecule has 1 aromatic rings. The Morgan fingerprint density at radius 2 is 2.04 bits per heavy atom. The highest BCUT2D eigenvalue weighted by molar-refractivity contribution is 6.30. The largest absolute Gasteiger partial charge is 0.345 e. The van der Waals surface area contributed by atoms with Crippen molar-refractivity contribution in [1.82, 2.24) is 14.7 Å². The zero-order chi connectivity index (χ0) is 17.1. The van der Waals surface area contributed by atoms with Crippen molar-refractivity contribution in [2.45, 2.75) is 18.8 Å². The Balaban J connectivity index is 1.40. The Kier molecular flexibility index (Phi) is 5.80. The third-order valence-corrected chi connectivity index (χ3v) is 5.56. The van der Waals surface area contributed by atoms with Crippen molar-refractivity contribution in [2.24, 2.45) is 5.92 Å². The first kappa shape index (κ1) is 17.7. The number of likely N-dealkylation sites (N-methyl/N-ethyl adjacent to an activating group) is 1. The van der Waals surface area contributed by atoms with Crippen molar-refractivity contribution in [2.75, 3.05) is 53.4 Å². The molecule has 0 radical (unpaired) electrons. The predicted molar refractivity (Wildman–Crippen MR) is 98.5 cm³/mol. The number of carbonyl (C=O) groups excluding carboxylic acids is 1. The standard InChI is InChI=1S/C19H28ClN3O/c1-21-9-11-23(12-10-21)8-4-7-22(2)19(24)18-14-17(18)15-5-3-6-16(20)13-15/h3,5-6,13,17-18H,4,7-12,14H2,1-2H3/t17-,18+/m0/s1. The molecule has 1 heterocycles. The SMILES string of the molecule is CN1CCN(CCCN(C)C(=O)[C@@H]2C[C@H]2c2cccc(Cl)c2)CC1. The monoisotopic (exact) mass is 349 g/mol. The quantitative estimate of drug-likeness (QED) is 0.789. The third kappa shape index (κ3) is 4.50. The van der Waals surface area contributed by atoms with Gasteiger partial charge in [0, 0.05) is 50.7 Å². The summed E-state index contributed by atoms with van der Waals surface area (Å²) >= 11 is 6.05. The fraction of sp³-hybridized carbons (Fsp3) is 0.632. The molecule has 3 rings (SSSR count). The zero-order valence-electron chi connectivity index (χ0n) is 14.7. The molecule has 2 aliphatic rings. The maximum atomic E-state index is 12.6. The van der Waals surface area contributed by atoms with Gasteiger partial charge in [-0.25, -0.2) is 0 Å². The summed E-state index contributed by atoms with van der Waals surface area (Å²) in [4.78, 5) is 19.4. The molecule has 1 aliphatic carbocycles. The van der Waals surface area contributed by atoms with Crippen LogP contribution in [0, 0.1) is 5.92 Å². The van der Waals surface area contributed by atoms with Crippen LogP contribution < -0.4 is 0 Å². The van der Waals surface area contributed by atoms with Gasteiger partial charge >= 0.3 is 0 Å². The van der Waals surface area contributed by atoms with Crippen molar-refractivity contribution in [3.8, 4) is 0 Å². The van der Waals surface area contributed by atoms with E-state index < -0.39 is 0 Å². The molecular formula is C19H28ClN3O. The number of carbonyl (C=O) groups is 1. The molecule has 0 unspecified atom stereocenters. The molecule has 1 saturated carbocycles. The minimum absolute atomic E-state index is 0.150. The van der Waals surface area contributed by atoms with Gasteiger partial charge in [0.25, 0.3) is 0 Å². The lowest BCUT2D eigenvalue weighted by Crippen LogP contribution is -2.45. The number of benzene rings is 1. The number of nitrogens with zero attached hydrogens (tertiary/aromatic N) is 3. The number of hydrogen-bond donors (Lipinski definition) is 0. The molecule has 132 valence electrons. The minimum Gasteiger partial charge on any atom is -0.345 e. The highest BCUT2D eigenvalue weighted by Gasteiger charge is 2.45. The molecular weight excluding hydrogens is 322 g/mol. The van der Waals surface area contributed by atoms with Gasteiger partial charge in [0.1, 0.15) is 0 Å². The molecule has 0 N–H and O–H groups in total. The van der Waals surface area contributed by atoms with Crippen molar-refractivity contribution in [3.05, 3.63) is 34.9 Å². The van der Waals surface area contributed by atoms with Crippen molar-refractivity contribution < 1.29 is 4.79 Å². The van der Waals surface area contributed by atoms with Gasteiger partial charge < -0.3 is 14.7 Å². The van der Waals surface area contributed by atoms with E-state index in [1.165, 1.54) is 5.56 Å². The summed E-state index contributed by atoms with van der Waals surface area (Å²) < 4.78 is 0. The van der Waals surface area contributed by atoms with E-state index in [1.54, 1.807) is 0 Å². The van der Waals surface area contributed by atoms with E-state index in [1.807, 2.05) is 30.1 Å². The Hall–Kier alpha value is -1.10. The summed E-state index contributed by atoms with van der Waals surface area (Å²) in [6.07, 6.45) is 2.02. The van der Waals surface area contributed by atoms with Crippen LogP contribution in [0.2, 0.25) is 5.02 Å². The van der Waals surface area contributed by atoms with Gasteiger partial charge in [-0.05, 0) is 50.0 Å². The zero-order valence-corrected chi connectivity index (χ0v) is 15.5. The topological polar surface area (TPSA) is 26.8 Å². The molecule has 2 atom stereocenters. The van der Waals surface area contributed by atoms with Crippen molar-refractivity contribution >= 4 is 17.5 Å². The van der Waals surface area contributed by atoms with Crippen LogP contribution in [0.25, 0.3) is 0 Å². The van der Waals surface area contributed by atoms with Crippen LogP contribution in [0.3, 0.4) is 0 Å². The van der Waals surface area contributed by atoms with Gasteiger partial charge in [0.05, 0.1) is 0 Å². The maximum Gasteiger partial charge on any atom is 0.226 e. The van der Waals surface area contributed by atoms with E-state index >= 15 is 0 Å². The van der Waals surface area contributed by atoms with Gasteiger partial charge in [0.15, 0.2) is 0 Å². The summed E-state index contributed by atoms with van der Waals surface area (Å²) in [5.41, 5.74) is 1.20. The lowest BCUT2D eigenvalue weighted by atomic mass is 10.1. The highest BCUT2D eigenvalue weighted by Crippen LogP contribution is 2.48. The first-order chi connectivity index (χ1) is 11.5. The molecule has 0 aromatic heterocycles. The molecule has 2 fully saturated rings. The second kappa shape index (κ2) is 7.85. The third-order valence-electron chi connectivity index (χ3n) is 5.32. The van der Waals surface area contributed by atoms with Crippen LogP contribution in [0.5, 0.6) is 0 Å². The smallest absolute Gasteiger partial charge is 0.226 e. The molecule has 5 heteroatoms. The normalized spacial score (nSPS) is 24.8. The van der Waals surface area contributed by atoms with E-state index in [0.717, 1.165) is 57.1 Å². The number of piperazine rings is 1. The molecule has 1 saturated heterocycles.